The lowest BCUT2D eigenvalue weighted by atomic mass is 9.98. The summed E-state index contributed by atoms with van der Waals surface area (Å²) in [5, 5.41) is 0. The molecular weight excluding hydrogens is 224 g/mol. The number of benzene rings is 1. The molecule has 0 N–H and O–H groups in total. The molecule has 0 saturated carbocycles. The molecule has 98 valence electrons. The maximum atomic E-state index is 5.68. The first-order chi connectivity index (χ1) is 8.85. The molecule has 1 aromatic rings. The van der Waals surface area contributed by atoms with Gasteiger partial charge in [-0.2, -0.15) is 0 Å². The van der Waals surface area contributed by atoms with Crippen LogP contribution in [0.2, 0.25) is 0 Å². The molecule has 1 aromatic carbocycles. The van der Waals surface area contributed by atoms with Crippen LogP contribution in [0, 0.1) is 5.92 Å². The van der Waals surface area contributed by atoms with Gasteiger partial charge in [-0.1, -0.05) is 51.3 Å². The van der Waals surface area contributed by atoms with Gasteiger partial charge in [0.1, 0.15) is 5.75 Å². The maximum Gasteiger partial charge on any atom is 0.331 e. The molecule has 2 nitrogen and oxygen atoms in total. The Morgan fingerprint density at radius 3 is 2.56 bits per heavy atom. The Morgan fingerprint density at radius 2 is 1.89 bits per heavy atom. The molecule has 1 unspecified atom stereocenters. The van der Waals surface area contributed by atoms with E-state index in [1.165, 1.54) is 25.7 Å². The maximum absolute atomic E-state index is 5.68. The summed E-state index contributed by atoms with van der Waals surface area (Å²) in [4.78, 5) is 0. The molecule has 0 amide bonds. The standard InChI is InChI=1S/C16H22O2/c1-3-5-7-10-13(4-2)15-16(18-15)17-14-11-8-6-9-12-14/h6,8-9,11-13H,3-5,7,10H2,1-2H3. The van der Waals surface area contributed by atoms with Crippen LogP contribution in [0.15, 0.2) is 42.0 Å². The summed E-state index contributed by atoms with van der Waals surface area (Å²) in [5.74, 6) is 3.18. The van der Waals surface area contributed by atoms with Crippen molar-refractivity contribution in [2.24, 2.45) is 5.92 Å². The highest BCUT2D eigenvalue weighted by molar-refractivity contribution is 5.26. The molecule has 1 heterocycles. The van der Waals surface area contributed by atoms with E-state index >= 15 is 0 Å². The van der Waals surface area contributed by atoms with Crippen molar-refractivity contribution in [3.63, 3.8) is 0 Å². The summed E-state index contributed by atoms with van der Waals surface area (Å²) in [5.41, 5.74) is 0. The number of unbranched alkanes of at least 4 members (excludes halogenated alkanes) is 2. The molecule has 0 aliphatic carbocycles. The van der Waals surface area contributed by atoms with Crippen LogP contribution >= 0.6 is 0 Å². The lowest BCUT2D eigenvalue weighted by Crippen LogP contribution is -1.97. The van der Waals surface area contributed by atoms with Crippen molar-refractivity contribution in [3.05, 3.63) is 42.0 Å². The minimum atomic E-state index is 0.537. The van der Waals surface area contributed by atoms with Gasteiger partial charge in [0.05, 0.1) is 0 Å². The first-order valence-corrected chi connectivity index (χ1v) is 7.00. The lowest BCUT2D eigenvalue weighted by Gasteiger charge is -2.06. The van der Waals surface area contributed by atoms with Crippen LogP contribution in [0.25, 0.3) is 0 Å². The van der Waals surface area contributed by atoms with Crippen LogP contribution in [-0.2, 0) is 4.74 Å². The summed E-state index contributed by atoms with van der Waals surface area (Å²) in [6.07, 6.45) is 6.19. The van der Waals surface area contributed by atoms with Crippen molar-refractivity contribution in [1.82, 2.24) is 0 Å². The summed E-state index contributed by atoms with van der Waals surface area (Å²) < 4.78 is 11.2. The molecule has 0 bridgehead atoms. The van der Waals surface area contributed by atoms with Crippen LogP contribution in [0.5, 0.6) is 5.75 Å². The molecule has 0 radical (unpaired) electrons. The van der Waals surface area contributed by atoms with Crippen LogP contribution in [0.4, 0.5) is 0 Å². The van der Waals surface area contributed by atoms with E-state index in [1.807, 2.05) is 30.3 Å². The average Bonchev–Trinajstić information content (AvgIpc) is 3.15. The van der Waals surface area contributed by atoms with Gasteiger partial charge in [-0.3, -0.25) is 0 Å². The summed E-state index contributed by atoms with van der Waals surface area (Å²) in [6, 6.07) is 9.82. The molecule has 18 heavy (non-hydrogen) atoms. The Bertz CT molecular complexity index is 395. The van der Waals surface area contributed by atoms with E-state index in [1.54, 1.807) is 0 Å². The highest BCUT2D eigenvalue weighted by atomic mass is 16.7. The first kappa shape index (κ1) is 13.0. The number of rotatable bonds is 8. The Hall–Kier alpha value is -1.44. The molecule has 0 fully saturated rings. The number of hydrogen-bond donors (Lipinski definition) is 0. The van der Waals surface area contributed by atoms with Gasteiger partial charge >= 0.3 is 5.95 Å². The van der Waals surface area contributed by atoms with Gasteiger partial charge in [-0.05, 0) is 25.0 Å². The predicted octanol–water partition coefficient (Wildman–Crippen LogP) is 4.87. The second-order valence-corrected chi connectivity index (χ2v) is 4.77. The third-order valence-corrected chi connectivity index (χ3v) is 3.34. The first-order valence-electron chi connectivity index (χ1n) is 7.00. The van der Waals surface area contributed by atoms with Crippen molar-refractivity contribution < 1.29 is 9.47 Å². The fourth-order valence-corrected chi connectivity index (χ4v) is 2.15. The van der Waals surface area contributed by atoms with Gasteiger partial charge in [-0.25, -0.2) is 0 Å². The number of para-hydroxylation sites is 1. The summed E-state index contributed by atoms with van der Waals surface area (Å²) >= 11 is 0. The zero-order valence-corrected chi connectivity index (χ0v) is 11.3. The number of allylic oxidation sites excluding steroid dienone is 1. The van der Waals surface area contributed by atoms with Gasteiger partial charge in [0.25, 0.3) is 0 Å². The average molecular weight is 246 g/mol. The minimum absolute atomic E-state index is 0.537. The number of hydrogen-bond acceptors (Lipinski definition) is 2. The fourth-order valence-electron chi connectivity index (χ4n) is 2.15. The normalized spacial score (nSPS) is 15.2. The van der Waals surface area contributed by atoms with E-state index in [4.69, 9.17) is 9.47 Å². The van der Waals surface area contributed by atoms with E-state index in [0.29, 0.717) is 5.92 Å². The molecule has 0 aromatic heterocycles. The second-order valence-electron chi connectivity index (χ2n) is 4.77. The highest BCUT2D eigenvalue weighted by Crippen LogP contribution is 2.38. The van der Waals surface area contributed by atoms with E-state index < -0.39 is 0 Å². The molecular formula is C16H22O2. The Morgan fingerprint density at radius 1 is 1.11 bits per heavy atom. The van der Waals surface area contributed by atoms with Crippen LogP contribution in [-0.4, -0.2) is 0 Å². The van der Waals surface area contributed by atoms with Gasteiger partial charge in [0, 0.05) is 5.92 Å². The van der Waals surface area contributed by atoms with Gasteiger partial charge in [-0.15, -0.1) is 0 Å². The lowest BCUT2D eigenvalue weighted by molar-refractivity contribution is 0.277. The molecule has 1 aliphatic rings. The second kappa shape index (κ2) is 6.48. The highest BCUT2D eigenvalue weighted by Gasteiger charge is 2.34. The Balaban J connectivity index is 1.86. The molecule has 0 saturated heterocycles. The molecule has 2 rings (SSSR count). The molecule has 1 atom stereocenters. The Labute approximate surface area is 110 Å². The van der Waals surface area contributed by atoms with E-state index in [0.717, 1.165) is 23.9 Å². The van der Waals surface area contributed by atoms with Crippen molar-refractivity contribution in [1.29, 1.82) is 0 Å². The fraction of sp³-hybridized carbons (Fsp3) is 0.500. The largest absolute Gasteiger partial charge is 0.424 e. The molecule has 0 spiro atoms. The van der Waals surface area contributed by atoms with Crippen molar-refractivity contribution in [2.45, 2.75) is 46.0 Å². The smallest absolute Gasteiger partial charge is 0.331 e. The van der Waals surface area contributed by atoms with Crippen LogP contribution in [0.3, 0.4) is 0 Å². The van der Waals surface area contributed by atoms with Crippen LogP contribution in [0.1, 0.15) is 46.0 Å². The summed E-state index contributed by atoms with van der Waals surface area (Å²) in [7, 11) is 0. The van der Waals surface area contributed by atoms with Gasteiger partial charge < -0.3 is 9.47 Å². The van der Waals surface area contributed by atoms with Gasteiger partial charge in [0.15, 0.2) is 5.76 Å². The molecule has 2 heteroatoms. The molecule has 1 aliphatic heterocycles. The quantitative estimate of drug-likeness (QED) is 0.610. The monoisotopic (exact) mass is 246 g/mol. The zero-order valence-electron chi connectivity index (χ0n) is 11.3. The van der Waals surface area contributed by atoms with Crippen LogP contribution < -0.4 is 4.74 Å². The number of ether oxygens (including phenoxy) is 2. The Kier molecular flexibility index (Phi) is 4.68. The summed E-state index contributed by atoms with van der Waals surface area (Å²) in [6.45, 7) is 4.45. The van der Waals surface area contributed by atoms with Crippen molar-refractivity contribution >= 4 is 0 Å². The predicted molar refractivity (Wildman–Crippen MR) is 73.1 cm³/mol. The van der Waals surface area contributed by atoms with Crippen molar-refractivity contribution in [3.8, 4) is 5.75 Å². The van der Waals surface area contributed by atoms with Gasteiger partial charge in [0.2, 0.25) is 0 Å². The van der Waals surface area contributed by atoms with E-state index in [-0.39, 0.29) is 0 Å². The zero-order chi connectivity index (χ0) is 12.8. The third-order valence-electron chi connectivity index (χ3n) is 3.34. The SMILES string of the molecule is CCCCCC(CC)C1=C(Oc2ccccc2)O1. The van der Waals surface area contributed by atoms with E-state index in [9.17, 15) is 0 Å². The topological polar surface area (TPSA) is 21.8 Å². The van der Waals surface area contributed by atoms with E-state index in [2.05, 4.69) is 13.8 Å². The van der Waals surface area contributed by atoms with Crippen molar-refractivity contribution in [2.75, 3.05) is 0 Å². The minimum Gasteiger partial charge on any atom is -0.424 e. The third kappa shape index (κ3) is 3.52.